The largest absolute Gasteiger partial charge is 1.00 e. The van der Waals surface area contributed by atoms with Crippen LogP contribution in [0.3, 0.4) is 0 Å². The SMILES string of the molecule is CCCCOC=C(C=[N+](C)C)C1CC1.[Cl-]. The van der Waals surface area contributed by atoms with Crippen molar-refractivity contribution in [1.82, 2.24) is 0 Å². The van der Waals surface area contributed by atoms with Crippen LogP contribution in [0.25, 0.3) is 0 Å². The normalized spacial score (nSPS) is 15.5. The standard InChI is InChI=1S/C12H22NO.ClH/c1-4-5-8-14-10-12(9-13(2)3)11-6-7-11;/h9-11H,4-8H2,1-3H3;1H/q+1;/p-1. The van der Waals surface area contributed by atoms with Crippen LogP contribution in [0, 0.1) is 5.92 Å². The van der Waals surface area contributed by atoms with Gasteiger partial charge in [-0.25, -0.2) is 4.58 Å². The molecule has 0 bridgehead atoms. The van der Waals surface area contributed by atoms with Crippen LogP contribution < -0.4 is 12.4 Å². The summed E-state index contributed by atoms with van der Waals surface area (Å²) in [6.07, 6.45) is 9.12. The fourth-order valence-electron chi connectivity index (χ4n) is 1.33. The molecule has 0 radical (unpaired) electrons. The quantitative estimate of drug-likeness (QED) is 0.259. The van der Waals surface area contributed by atoms with Gasteiger partial charge in [-0.15, -0.1) is 0 Å². The first-order valence-corrected chi connectivity index (χ1v) is 5.57. The zero-order valence-electron chi connectivity index (χ0n) is 10.0. The molecule has 0 amide bonds. The molecule has 0 heterocycles. The van der Waals surface area contributed by atoms with Crippen molar-refractivity contribution in [1.29, 1.82) is 0 Å². The van der Waals surface area contributed by atoms with Crippen LogP contribution >= 0.6 is 0 Å². The molecule has 3 heteroatoms. The molecule has 15 heavy (non-hydrogen) atoms. The number of unbranched alkanes of at least 4 members (excludes halogenated alkanes) is 1. The molecule has 0 aromatic heterocycles. The monoisotopic (exact) mass is 231 g/mol. The van der Waals surface area contributed by atoms with E-state index < -0.39 is 0 Å². The van der Waals surface area contributed by atoms with E-state index in [0.717, 1.165) is 18.9 Å². The molecular formula is C12H22ClNO. The lowest BCUT2D eigenvalue weighted by Crippen LogP contribution is -3.00. The Labute approximate surface area is 99.4 Å². The lowest BCUT2D eigenvalue weighted by molar-refractivity contribution is -0.459. The van der Waals surface area contributed by atoms with Gasteiger partial charge in [-0.2, -0.15) is 0 Å². The molecule has 1 aliphatic carbocycles. The first kappa shape index (κ1) is 14.5. The topological polar surface area (TPSA) is 12.2 Å². The second kappa shape index (κ2) is 7.75. The number of rotatable bonds is 6. The van der Waals surface area contributed by atoms with Crippen LogP contribution in [0.2, 0.25) is 0 Å². The highest BCUT2D eigenvalue weighted by atomic mass is 35.5. The summed E-state index contributed by atoms with van der Waals surface area (Å²) in [4.78, 5) is 0. The first-order chi connectivity index (χ1) is 6.74. The van der Waals surface area contributed by atoms with Crippen LogP contribution in [-0.4, -0.2) is 31.5 Å². The third-order valence-corrected chi connectivity index (χ3v) is 2.29. The Kier molecular flexibility index (Phi) is 7.49. The number of ether oxygens (including phenoxy) is 1. The maximum atomic E-state index is 5.52. The van der Waals surface area contributed by atoms with E-state index in [1.54, 1.807) is 0 Å². The number of hydrogen-bond acceptors (Lipinski definition) is 1. The van der Waals surface area contributed by atoms with Crippen LogP contribution in [0.15, 0.2) is 11.8 Å². The summed E-state index contributed by atoms with van der Waals surface area (Å²) in [6.45, 7) is 3.04. The molecular weight excluding hydrogens is 210 g/mol. The zero-order chi connectivity index (χ0) is 10.4. The second-order valence-electron chi connectivity index (χ2n) is 4.21. The number of nitrogens with zero attached hydrogens (tertiary/aromatic N) is 1. The minimum absolute atomic E-state index is 0. The Morgan fingerprint density at radius 2 is 2.07 bits per heavy atom. The van der Waals surface area contributed by atoms with Crippen molar-refractivity contribution in [3.8, 4) is 0 Å². The lowest BCUT2D eigenvalue weighted by atomic mass is 10.2. The van der Waals surface area contributed by atoms with Crippen LogP contribution in [0.5, 0.6) is 0 Å². The van der Waals surface area contributed by atoms with E-state index in [4.69, 9.17) is 4.74 Å². The smallest absolute Gasteiger partial charge is 0.169 e. The Morgan fingerprint density at radius 1 is 1.40 bits per heavy atom. The van der Waals surface area contributed by atoms with Crippen molar-refractivity contribution in [2.24, 2.45) is 5.92 Å². The van der Waals surface area contributed by atoms with E-state index in [-0.39, 0.29) is 12.4 Å². The summed E-state index contributed by atoms with van der Waals surface area (Å²) >= 11 is 0. The summed E-state index contributed by atoms with van der Waals surface area (Å²) in [5.74, 6) is 0.763. The minimum Gasteiger partial charge on any atom is -1.00 e. The lowest BCUT2D eigenvalue weighted by Gasteiger charge is -2.00. The molecule has 1 fully saturated rings. The van der Waals surface area contributed by atoms with Gasteiger partial charge in [0, 0.05) is 0 Å². The summed E-state index contributed by atoms with van der Waals surface area (Å²) in [5.41, 5.74) is 1.35. The van der Waals surface area contributed by atoms with Crippen molar-refractivity contribution < 1.29 is 21.7 Å². The van der Waals surface area contributed by atoms with Gasteiger partial charge in [0.25, 0.3) is 0 Å². The predicted molar refractivity (Wildman–Crippen MR) is 59.8 cm³/mol. The second-order valence-corrected chi connectivity index (χ2v) is 4.21. The van der Waals surface area contributed by atoms with E-state index in [1.807, 2.05) is 6.26 Å². The highest BCUT2D eigenvalue weighted by molar-refractivity contribution is 5.75. The molecule has 0 aliphatic heterocycles. The molecule has 2 nitrogen and oxygen atoms in total. The molecule has 0 N–H and O–H groups in total. The third kappa shape index (κ3) is 6.56. The average molecular weight is 232 g/mol. The van der Waals surface area contributed by atoms with Crippen LogP contribution in [0.1, 0.15) is 32.6 Å². The molecule has 0 aromatic rings. The van der Waals surface area contributed by atoms with Gasteiger partial charge in [0.05, 0.1) is 18.4 Å². The van der Waals surface area contributed by atoms with Gasteiger partial charge < -0.3 is 17.1 Å². The van der Waals surface area contributed by atoms with Gasteiger partial charge in [0.1, 0.15) is 14.1 Å². The zero-order valence-corrected chi connectivity index (χ0v) is 10.8. The fourth-order valence-corrected chi connectivity index (χ4v) is 1.33. The Hall–Kier alpha value is -0.500. The van der Waals surface area contributed by atoms with Crippen molar-refractivity contribution in [2.75, 3.05) is 20.7 Å². The maximum absolute atomic E-state index is 5.52. The van der Waals surface area contributed by atoms with Crippen molar-refractivity contribution in [3.63, 3.8) is 0 Å². The van der Waals surface area contributed by atoms with Gasteiger partial charge >= 0.3 is 0 Å². The Morgan fingerprint density at radius 3 is 2.53 bits per heavy atom. The van der Waals surface area contributed by atoms with E-state index in [1.165, 1.54) is 24.8 Å². The molecule has 1 aliphatic rings. The van der Waals surface area contributed by atoms with E-state index in [0.29, 0.717) is 0 Å². The number of allylic oxidation sites excluding steroid dienone is 1. The molecule has 0 atom stereocenters. The van der Waals surface area contributed by atoms with Crippen molar-refractivity contribution in [2.45, 2.75) is 32.6 Å². The van der Waals surface area contributed by atoms with Gasteiger partial charge in [-0.3, -0.25) is 0 Å². The summed E-state index contributed by atoms with van der Waals surface area (Å²) < 4.78 is 7.61. The summed E-state index contributed by atoms with van der Waals surface area (Å²) in [7, 11) is 4.12. The van der Waals surface area contributed by atoms with Crippen molar-refractivity contribution >= 4 is 6.21 Å². The fraction of sp³-hybridized carbons (Fsp3) is 0.750. The van der Waals surface area contributed by atoms with Crippen LogP contribution in [0.4, 0.5) is 0 Å². The molecule has 0 saturated heterocycles. The summed E-state index contributed by atoms with van der Waals surface area (Å²) in [6, 6.07) is 0. The molecule has 0 aromatic carbocycles. The highest BCUT2D eigenvalue weighted by Gasteiger charge is 2.27. The summed E-state index contributed by atoms with van der Waals surface area (Å²) in [5, 5.41) is 0. The Balaban J connectivity index is 0.00000196. The molecule has 0 spiro atoms. The van der Waals surface area contributed by atoms with Gasteiger partial charge in [-0.05, 0) is 25.2 Å². The average Bonchev–Trinajstić information content (AvgIpc) is 2.92. The maximum Gasteiger partial charge on any atom is 0.169 e. The first-order valence-electron chi connectivity index (χ1n) is 5.57. The van der Waals surface area contributed by atoms with Gasteiger partial charge in [0.15, 0.2) is 6.21 Å². The molecule has 1 saturated carbocycles. The van der Waals surface area contributed by atoms with Gasteiger partial charge in [-0.1, -0.05) is 13.3 Å². The number of halogens is 1. The van der Waals surface area contributed by atoms with E-state index in [2.05, 4.69) is 31.8 Å². The van der Waals surface area contributed by atoms with Crippen LogP contribution in [-0.2, 0) is 4.74 Å². The molecule has 1 rings (SSSR count). The molecule has 0 unspecified atom stereocenters. The minimum atomic E-state index is 0. The molecule has 88 valence electrons. The van der Waals surface area contributed by atoms with E-state index >= 15 is 0 Å². The van der Waals surface area contributed by atoms with Crippen molar-refractivity contribution in [3.05, 3.63) is 11.8 Å². The third-order valence-electron chi connectivity index (χ3n) is 2.29. The van der Waals surface area contributed by atoms with Gasteiger partial charge in [0.2, 0.25) is 0 Å². The highest BCUT2D eigenvalue weighted by Crippen LogP contribution is 2.35. The van der Waals surface area contributed by atoms with E-state index in [9.17, 15) is 0 Å². The number of hydrogen-bond donors (Lipinski definition) is 0. The predicted octanol–water partition coefficient (Wildman–Crippen LogP) is -0.556. The Bertz CT molecular complexity index is 228.